The second kappa shape index (κ2) is 4.45. The van der Waals surface area contributed by atoms with E-state index in [1.54, 1.807) is 6.20 Å². The molecule has 1 unspecified atom stereocenters. The van der Waals surface area contributed by atoms with Gasteiger partial charge in [-0.25, -0.2) is 9.37 Å². The standard InChI is InChI=1S/C13H18FN3/c1-9(16(3)4)7-13-15-10(2)12-8-11(14)5-6-17(12)13/h5-6,8-9H,7H2,1-4H3. The minimum absolute atomic E-state index is 0.215. The first-order chi connectivity index (χ1) is 7.99. The van der Waals surface area contributed by atoms with E-state index in [2.05, 4.69) is 16.8 Å². The van der Waals surface area contributed by atoms with Crippen LogP contribution in [0.2, 0.25) is 0 Å². The molecule has 0 saturated heterocycles. The summed E-state index contributed by atoms with van der Waals surface area (Å²) in [4.78, 5) is 6.68. The molecule has 0 aliphatic carbocycles. The van der Waals surface area contributed by atoms with Gasteiger partial charge in [-0.2, -0.15) is 0 Å². The molecule has 0 aliphatic heterocycles. The van der Waals surface area contributed by atoms with Gasteiger partial charge in [-0.05, 0) is 40.1 Å². The summed E-state index contributed by atoms with van der Waals surface area (Å²) in [5, 5.41) is 0. The quantitative estimate of drug-likeness (QED) is 0.813. The average Bonchev–Trinajstić information content (AvgIpc) is 2.55. The lowest BCUT2D eigenvalue weighted by atomic mass is 10.2. The number of fused-ring (bicyclic) bond motifs is 1. The maximum atomic E-state index is 13.2. The largest absolute Gasteiger partial charge is 0.306 e. The van der Waals surface area contributed by atoms with Crippen LogP contribution < -0.4 is 0 Å². The number of imidazole rings is 1. The lowest BCUT2D eigenvalue weighted by Gasteiger charge is -2.18. The van der Waals surface area contributed by atoms with E-state index in [9.17, 15) is 4.39 Å². The number of pyridine rings is 1. The molecular weight excluding hydrogens is 217 g/mol. The molecule has 0 bridgehead atoms. The summed E-state index contributed by atoms with van der Waals surface area (Å²) in [5.41, 5.74) is 1.73. The Hall–Kier alpha value is -1.42. The Morgan fingerprint density at radius 3 is 2.82 bits per heavy atom. The molecule has 0 aromatic carbocycles. The first-order valence-electron chi connectivity index (χ1n) is 5.78. The van der Waals surface area contributed by atoms with Crippen molar-refractivity contribution in [3.05, 3.63) is 35.7 Å². The highest BCUT2D eigenvalue weighted by atomic mass is 19.1. The first-order valence-corrected chi connectivity index (χ1v) is 5.78. The molecule has 4 heteroatoms. The van der Waals surface area contributed by atoms with Gasteiger partial charge < -0.3 is 9.30 Å². The number of likely N-dealkylation sites (N-methyl/N-ethyl adjacent to an activating group) is 1. The molecule has 1 atom stereocenters. The molecule has 0 N–H and O–H groups in total. The number of hydrogen-bond acceptors (Lipinski definition) is 2. The van der Waals surface area contributed by atoms with Gasteiger partial charge in [-0.15, -0.1) is 0 Å². The normalized spacial score (nSPS) is 13.5. The molecule has 2 heterocycles. The lowest BCUT2D eigenvalue weighted by molar-refractivity contribution is 0.308. The van der Waals surface area contributed by atoms with E-state index in [0.717, 1.165) is 23.5 Å². The van der Waals surface area contributed by atoms with Crippen LogP contribution in [0.25, 0.3) is 5.52 Å². The van der Waals surface area contributed by atoms with Crippen LogP contribution in [0.4, 0.5) is 4.39 Å². The molecule has 17 heavy (non-hydrogen) atoms. The Morgan fingerprint density at radius 2 is 2.18 bits per heavy atom. The van der Waals surface area contributed by atoms with Gasteiger partial charge in [0.05, 0.1) is 11.2 Å². The van der Waals surface area contributed by atoms with E-state index < -0.39 is 0 Å². The zero-order valence-electron chi connectivity index (χ0n) is 10.7. The van der Waals surface area contributed by atoms with Crippen LogP contribution in [-0.4, -0.2) is 34.4 Å². The van der Waals surface area contributed by atoms with Crippen LogP contribution in [0.5, 0.6) is 0 Å². The topological polar surface area (TPSA) is 20.5 Å². The number of halogens is 1. The monoisotopic (exact) mass is 235 g/mol. The number of nitrogens with zero attached hydrogens (tertiary/aromatic N) is 3. The Balaban J connectivity index is 2.42. The van der Waals surface area contributed by atoms with Crippen molar-refractivity contribution in [1.82, 2.24) is 14.3 Å². The van der Waals surface area contributed by atoms with Crippen LogP contribution >= 0.6 is 0 Å². The summed E-state index contributed by atoms with van der Waals surface area (Å²) in [6.45, 7) is 4.07. The van der Waals surface area contributed by atoms with Crippen molar-refractivity contribution in [3.63, 3.8) is 0 Å². The van der Waals surface area contributed by atoms with E-state index in [-0.39, 0.29) is 5.82 Å². The van der Waals surface area contributed by atoms with Crippen LogP contribution in [0.3, 0.4) is 0 Å². The van der Waals surface area contributed by atoms with Gasteiger partial charge in [-0.3, -0.25) is 0 Å². The van der Waals surface area contributed by atoms with Crippen LogP contribution in [-0.2, 0) is 6.42 Å². The van der Waals surface area contributed by atoms with Gasteiger partial charge in [0.2, 0.25) is 0 Å². The van der Waals surface area contributed by atoms with Crippen molar-refractivity contribution in [2.75, 3.05) is 14.1 Å². The molecule has 0 amide bonds. The molecule has 2 aromatic heterocycles. The molecule has 0 aliphatic rings. The van der Waals surface area contributed by atoms with Crippen molar-refractivity contribution in [1.29, 1.82) is 0 Å². The summed E-state index contributed by atoms with van der Waals surface area (Å²) in [6.07, 6.45) is 2.61. The van der Waals surface area contributed by atoms with E-state index >= 15 is 0 Å². The van der Waals surface area contributed by atoms with Crippen molar-refractivity contribution in [3.8, 4) is 0 Å². The molecule has 2 aromatic rings. The summed E-state index contributed by atoms with van der Waals surface area (Å²) in [7, 11) is 4.10. The molecule has 0 fully saturated rings. The highest BCUT2D eigenvalue weighted by Crippen LogP contribution is 2.15. The van der Waals surface area contributed by atoms with Crippen LogP contribution in [0.1, 0.15) is 18.4 Å². The molecule has 3 nitrogen and oxygen atoms in total. The van der Waals surface area contributed by atoms with E-state index in [1.165, 1.54) is 12.1 Å². The number of aromatic nitrogens is 2. The third kappa shape index (κ3) is 2.31. The zero-order valence-corrected chi connectivity index (χ0v) is 10.7. The van der Waals surface area contributed by atoms with Crippen molar-refractivity contribution in [2.24, 2.45) is 0 Å². The Kier molecular flexibility index (Phi) is 3.15. The van der Waals surface area contributed by atoms with Gasteiger partial charge in [0.1, 0.15) is 11.6 Å². The minimum atomic E-state index is -0.215. The van der Waals surface area contributed by atoms with Crippen molar-refractivity contribution in [2.45, 2.75) is 26.3 Å². The maximum Gasteiger partial charge on any atom is 0.126 e. The minimum Gasteiger partial charge on any atom is -0.306 e. The zero-order chi connectivity index (χ0) is 12.6. The summed E-state index contributed by atoms with van der Waals surface area (Å²) >= 11 is 0. The third-order valence-electron chi connectivity index (χ3n) is 3.22. The Morgan fingerprint density at radius 1 is 1.47 bits per heavy atom. The average molecular weight is 235 g/mol. The van der Waals surface area contributed by atoms with Crippen LogP contribution in [0, 0.1) is 12.7 Å². The van der Waals surface area contributed by atoms with Gasteiger partial charge in [0.25, 0.3) is 0 Å². The Bertz CT molecular complexity index is 531. The highest BCUT2D eigenvalue weighted by Gasteiger charge is 2.13. The molecule has 0 saturated carbocycles. The number of aryl methyl sites for hydroxylation is 1. The predicted octanol–water partition coefficient (Wildman–Crippen LogP) is 2.27. The van der Waals surface area contributed by atoms with Gasteiger partial charge >= 0.3 is 0 Å². The number of hydrogen-bond donors (Lipinski definition) is 0. The predicted molar refractivity (Wildman–Crippen MR) is 66.7 cm³/mol. The third-order valence-corrected chi connectivity index (χ3v) is 3.22. The van der Waals surface area contributed by atoms with E-state index in [4.69, 9.17) is 0 Å². The SMILES string of the molecule is Cc1nc(CC(C)N(C)C)n2ccc(F)cc12. The second-order valence-electron chi connectivity index (χ2n) is 4.73. The van der Waals surface area contributed by atoms with Gasteiger partial charge in [0, 0.05) is 18.7 Å². The summed E-state index contributed by atoms with van der Waals surface area (Å²) in [5.74, 6) is 0.770. The first kappa shape index (κ1) is 12.0. The fourth-order valence-corrected chi connectivity index (χ4v) is 1.87. The van der Waals surface area contributed by atoms with Crippen molar-refractivity contribution >= 4 is 5.52 Å². The lowest BCUT2D eigenvalue weighted by Crippen LogP contribution is -2.27. The summed E-state index contributed by atoms with van der Waals surface area (Å²) < 4.78 is 15.1. The second-order valence-corrected chi connectivity index (χ2v) is 4.73. The van der Waals surface area contributed by atoms with E-state index in [1.807, 2.05) is 25.4 Å². The molecule has 0 spiro atoms. The fourth-order valence-electron chi connectivity index (χ4n) is 1.87. The molecule has 0 radical (unpaired) electrons. The molecule has 92 valence electrons. The fraction of sp³-hybridized carbons (Fsp3) is 0.462. The van der Waals surface area contributed by atoms with Gasteiger partial charge in [-0.1, -0.05) is 0 Å². The maximum absolute atomic E-state index is 13.2. The summed E-state index contributed by atoms with van der Waals surface area (Å²) in [6, 6.07) is 3.41. The van der Waals surface area contributed by atoms with Gasteiger partial charge in [0.15, 0.2) is 0 Å². The van der Waals surface area contributed by atoms with Crippen molar-refractivity contribution < 1.29 is 4.39 Å². The molecular formula is C13H18FN3. The number of rotatable bonds is 3. The van der Waals surface area contributed by atoms with Crippen LogP contribution in [0.15, 0.2) is 18.3 Å². The Labute approximate surface area is 101 Å². The smallest absolute Gasteiger partial charge is 0.126 e. The highest BCUT2D eigenvalue weighted by molar-refractivity contribution is 5.52. The van der Waals surface area contributed by atoms with E-state index in [0.29, 0.717) is 6.04 Å². The molecule has 2 rings (SSSR count).